The van der Waals surface area contributed by atoms with Gasteiger partial charge in [-0.1, -0.05) is 24.3 Å². The van der Waals surface area contributed by atoms with Gasteiger partial charge in [-0.3, -0.25) is 14.5 Å². The van der Waals surface area contributed by atoms with E-state index in [-0.39, 0.29) is 17.1 Å². The average Bonchev–Trinajstić information content (AvgIpc) is 3.21. The number of hydrogen-bond donors (Lipinski definition) is 2. The third-order valence-electron chi connectivity index (χ3n) is 5.32. The third-order valence-corrected chi connectivity index (χ3v) is 6.50. The van der Waals surface area contributed by atoms with Gasteiger partial charge in [0.15, 0.2) is 0 Å². The van der Waals surface area contributed by atoms with E-state index >= 15 is 0 Å². The van der Waals surface area contributed by atoms with Crippen LogP contribution in [0.5, 0.6) is 0 Å². The Morgan fingerprint density at radius 3 is 2.71 bits per heavy atom. The maximum absolute atomic E-state index is 12.7. The molecule has 0 saturated carbocycles. The second kappa shape index (κ2) is 8.37. The van der Waals surface area contributed by atoms with Gasteiger partial charge in [-0.15, -0.1) is 11.8 Å². The quantitative estimate of drug-likeness (QED) is 0.811. The van der Waals surface area contributed by atoms with Crippen molar-refractivity contribution < 1.29 is 9.59 Å². The molecule has 0 aliphatic carbocycles. The van der Waals surface area contributed by atoms with E-state index in [0.717, 1.165) is 35.8 Å². The monoisotopic (exact) mass is 395 g/mol. The number of benzene rings is 2. The highest BCUT2D eigenvalue weighted by atomic mass is 32.2. The molecular weight excluding hydrogens is 370 g/mol. The van der Waals surface area contributed by atoms with Gasteiger partial charge >= 0.3 is 0 Å². The van der Waals surface area contributed by atoms with Crippen LogP contribution in [-0.4, -0.2) is 35.1 Å². The zero-order chi connectivity index (χ0) is 19.5. The minimum absolute atomic E-state index is 0.0223. The van der Waals surface area contributed by atoms with E-state index < -0.39 is 0 Å². The number of fused-ring (bicyclic) bond motifs is 1. The fraction of sp³-hybridized carbons (Fsp3) is 0.364. The largest absolute Gasteiger partial charge is 0.348 e. The Bertz CT molecular complexity index is 893. The number of carbonyl (C=O) groups excluding carboxylic acids is 2. The van der Waals surface area contributed by atoms with Crippen LogP contribution in [0.3, 0.4) is 0 Å². The molecule has 1 atom stereocenters. The van der Waals surface area contributed by atoms with Gasteiger partial charge in [0.2, 0.25) is 5.91 Å². The van der Waals surface area contributed by atoms with Crippen molar-refractivity contribution >= 4 is 29.3 Å². The molecule has 0 bridgehead atoms. The van der Waals surface area contributed by atoms with Crippen LogP contribution in [0.25, 0.3) is 0 Å². The molecule has 0 radical (unpaired) electrons. The molecule has 1 fully saturated rings. The van der Waals surface area contributed by atoms with Crippen molar-refractivity contribution in [2.24, 2.45) is 0 Å². The second-order valence-electron chi connectivity index (χ2n) is 7.39. The lowest BCUT2D eigenvalue weighted by molar-refractivity contribution is -0.115. The van der Waals surface area contributed by atoms with E-state index in [9.17, 15) is 9.59 Å². The summed E-state index contributed by atoms with van der Waals surface area (Å²) in [5, 5.41) is 5.80. The first-order valence-corrected chi connectivity index (χ1v) is 10.7. The van der Waals surface area contributed by atoms with Crippen molar-refractivity contribution in [3.05, 3.63) is 59.2 Å². The van der Waals surface area contributed by atoms with Gasteiger partial charge in [-0.05, 0) is 62.2 Å². The maximum atomic E-state index is 12.7. The van der Waals surface area contributed by atoms with Crippen molar-refractivity contribution in [3.8, 4) is 0 Å². The summed E-state index contributed by atoms with van der Waals surface area (Å²) in [6.07, 6.45) is 2.54. The lowest BCUT2D eigenvalue weighted by Gasteiger charge is -2.21. The van der Waals surface area contributed by atoms with Crippen LogP contribution in [0, 0.1) is 0 Å². The molecule has 4 rings (SSSR count). The Morgan fingerprint density at radius 1 is 1.18 bits per heavy atom. The lowest BCUT2D eigenvalue weighted by atomic mass is 10.1. The van der Waals surface area contributed by atoms with Crippen LogP contribution in [-0.2, 0) is 17.9 Å². The summed E-state index contributed by atoms with van der Waals surface area (Å²) in [5.74, 6) is -0.150. The molecule has 2 aliphatic rings. The lowest BCUT2D eigenvalue weighted by Crippen LogP contribution is -2.28. The van der Waals surface area contributed by atoms with Gasteiger partial charge in [-0.25, -0.2) is 0 Å². The molecule has 146 valence electrons. The first-order chi connectivity index (χ1) is 13.6. The van der Waals surface area contributed by atoms with Crippen molar-refractivity contribution in [2.75, 3.05) is 18.4 Å². The van der Waals surface area contributed by atoms with Gasteiger partial charge in [0.1, 0.15) is 0 Å². The van der Waals surface area contributed by atoms with Gasteiger partial charge in [0.25, 0.3) is 5.91 Å². The summed E-state index contributed by atoms with van der Waals surface area (Å²) in [6.45, 7) is 5.61. The minimum Gasteiger partial charge on any atom is -0.348 e. The SMILES string of the molecule is C[C@@H]1Sc2ccc(C(=O)NCc3ccccc3CN3CCCC3)cc2NC1=O. The second-order valence-corrected chi connectivity index (χ2v) is 8.78. The van der Waals surface area contributed by atoms with Gasteiger partial charge < -0.3 is 10.6 Å². The molecule has 2 aliphatic heterocycles. The predicted molar refractivity (Wildman–Crippen MR) is 113 cm³/mol. The first-order valence-electron chi connectivity index (χ1n) is 9.79. The third kappa shape index (κ3) is 4.23. The highest BCUT2D eigenvalue weighted by Crippen LogP contribution is 2.35. The van der Waals surface area contributed by atoms with E-state index in [1.54, 1.807) is 6.07 Å². The smallest absolute Gasteiger partial charge is 0.251 e. The molecule has 5 nitrogen and oxygen atoms in total. The molecule has 6 heteroatoms. The number of amides is 2. The van der Waals surface area contributed by atoms with Crippen LogP contribution in [0.1, 0.15) is 41.3 Å². The maximum Gasteiger partial charge on any atom is 0.251 e. The number of likely N-dealkylation sites (tertiary alicyclic amines) is 1. The zero-order valence-electron chi connectivity index (χ0n) is 16.0. The van der Waals surface area contributed by atoms with E-state index in [1.807, 2.05) is 25.1 Å². The summed E-state index contributed by atoms with van der Waals surface area (Å²) in [4.78, 5) is 28.0. The minimum atomic E-state index is -0.128. The summed E-state index contributed by atoms with van der Waals surface area (Å²) < 4.78 is 0. The van der Waals surface area contributed by atoms with E-state index in [2.05, 4.69) is 33.7 Å². The van der Waals surface area contributed by atoms with Crippen LogP contribution in [0.4, 0.5) is 5.69 Å². The van der Waals surface area contributed by atoms with Crippen LogP contribution >= 0.6 is 11.8 Å². The number of thioether (sulfide) groups is 1. The van der Waals surface area contributed by atoms with Crippen molar-refractivity contribution in [1.82, 2.24) is 10.2 Å². The molecule has 2 aromatic rings. The molecular formula is C22H25N3O2S. The number of nitrogens with one attached hydrogen (secondary N) is 2. The summed E-state index contributed by atoms with van der Waals surface area (Å²) in [5.41, 5.74) is 3.70. The van der Waals surface area contributed by atoms with E-state index in [1.165, 1.54) is 30.2 Å². The van der Waals surface area contributed by atoms with Crippen molar-refractivity contribution in [3.63, 3.8) is 0 Å². The normalized spacial score (nSPS) is 19.2. The fourth-order valence-electron chi connectivity index (χ4n) is 3.69. The van der Waals surface area contributed by atoms with Crippen LogP contribution in [0.2, 0.25) is 0 Å². The summed E-state index contributed by atoms with van der Waals surface area (Å²) in [6, 6.07) is 13.8. The van der Waals surface area contributed by atoms with E-state index in [4.69, 9.17) is 0 Å². The number of nitrogens with zero attached hydrogens (tertiary/aromatic N) is 1. The predicted octanol–water partition coefficient (Wildman–Crippen LogP) is 3.65. The van der Waals surface area contributed by atoms with Crippen LogP contribution in [0.15, 0.2) is 47.4 Å². The Kier molecular flexibility index (Phi) is 5.69. The Hall–Kier alpha value is -2.31. The molecule has 2 heterocycles. The fourth-order valence-corrected chi connectivity index (χ4v) is 4.62. The van der Waals surface area contributed by atoms with Gasteiger partial charge in [-0.2, -0.15) is 0 Å². The van der Waals surface area contributed by atoms with E-state index in [0.29, 0.717) is 12.1 Å². The van der Waals surface area contributed by atoms with Crippen LogP contribution < -0.4 is 10.6 Å². The Balaban J connectivity index is 1.42. The molecule has 0 aromatic heterocycles. The van der Waals surface area contributed by atoms with Crippen molar-refractivity contribution in [1.29, 1.82) is 0 Å². The number of rotatable bonds is 5. The Labute approximate surface area is 169 Å². The number of anilines is 1. The summed E-state index contributed by atoms with van der Waals surface area (Å²) in [7, 11) is 0. The number of hydrogen-bond acceptors (Lipinski definition) is 4. The standard InChI is InChI=1S/C22H25N3O2S/c1-15-21(26)24-19-12-16(8-9-20(19)28-15)22(27)23-13-17-6-2-3-7-18(17)14-25-10-4-5-11-25/h2-3,6-9,12,15H,4-5,10-11,13-14H2,1H3,(H,23,27)(H,24,26)/t15-/m0/s1. The molecule has 0 spiro atoms. The topological polar surface area (TPSA) is 61.4 Å². The highest BCUT2D eigenvalue weighted by Gasteiger charge is 2.23. The molecule has 2 aromatic carbocycles. The molecule has 2 N–H and O–H groups in total. The number of carbonyl (C=O) groups is 2. The molecule has 0 unspecified atom stereocenters. The highest BCUT2D eigenvalue weighted by molar-refractivity contribution is 8.00. The Morgan fingerprint density at radius 2 is 1.93 bits per heavy atom. The molecule has 1 saturated heterocycles. The van der Waals surface area contributed by atoms with Gasteiger partial charge in [0.05, 0.1) is 10.9 Å². The first kappa shape index (κ1) is 19.0. The average molecular weight is 396 g/mol. The molecule has 28 heavy (non-hydrogen) atoms. The zero-order valence-corrected chi connectivity index (χ0v) is 16.8. The molecule has 2 amide bonds. The summed E-state index contributed by atoms with van der Waals surface area (Å²) >= 11 is 1.52. The van der Waals surface area contributed by atoms with Crippen molar-refractivity contribution in [2.45, 2.75) is 43.0 Å². The van der Waals surface area contributed by atoms with Gasteiger partial charge in [0, 0.05) is 23.5 Å².